The first-order valence-electron chi connectivity index (χ1n) is 9.25. The van der Waals surface area contributed by atoms with Crippen LogP contribution in [0.2, 0.25) is 0 Å². The molecule has 2 aromatic carbocycles. The first-order chi connectivity index (χ1) is 14.1. The van der Waals surface area contributed by atoms with Crippen molar-refractivity contribution < 1.29 is 13.7 Å². The van der Waals surface area contributed by atoms with Crippen LogP contribution in [0.3, 0.4) is 0 Å². The molecule has 0 aliphatic carbocycles. The summed E-state index contributed by atoms with van der Waals surface area (Å²) in [4.78, 5) is 15.8. The second-order valence-electron chi connectivity index (χ2n) is 6.98. The minimum absolute atomic E-state index is 0.0508. The van der Waals surface area contributed by atoms with Crippen LogP contribution in [0.15, 0.2) is 53.6 Å². The van der Waals surface area contributed by atoms with E-state index >= 15 is 0 Å². The Kier molecular flexibility index (Phi) is 5.38. The highest BCUT2D eigenvalue weighted by molar-refractivity contribution is 7.82. The SMILES string of the molecule is Cc1cc(CC=O)ccc1Oc1ccnc2ccc(S(=O)N3CC(C#N)C3)cc12. The summed E-state index contributed by atoms with van der Waals surface area (Å²) < 4.78 is 20.7. The van der Waals surface area contributed by atoms with Gasteiger partial charge in [0, 0.05) is 31.1 Å². The maximum atomic E-state index is 12.8. The Balaban J connectivity index is 1.64. The number of pyridine rings is 1. The second-order valence-corrected chi connectivity index (χ2v) is 8.47. The van der Waals surface area contributed by atoms with E-state index in [0.29, 0.717) is 35.9 Å². The van der Waals surface area contributed by atoms with Gasteiger partial charge in [-0.05, 0) is 48.4 Å². The maximum Gasteiger partial charge on any atom is 0.138 e. The average Bonchev–Trinajstić information content (AvgIpc) is 2.69. The van der Waals surface area contributed by atoms with Crippen LogP contribution < -0.4 is 4.74 Å². The van der Waals surface area contributed by atoms with Gasteiger partial charge in [0.05, 0.1) is 22.4 Å². The van der Waals surface area contributed by atoms with Crippen molar-refractivity contribution in [2.45, 2.75) is 18.2 Å². The number of hydrogen-bond donors (Lipinski definition) is 0. The highest BCUT2D eigenvalue weighted by atomic mass is 32.2. The van der Waals surface area contributed by atoms with E-state index in [0.717, 1.165) is 28.3 Å². The van der Waals surface area contributed by atoms with Gasteiger partial charge in [-0.2, -0.15) is 5.26 Å². The first-order valence-corrected chi connectivity index (χ1v) is 10.4. The van der Waals surface area contributed by atoms with Crippen LogP contribution in [0.4, 0.5) is 0 Å². The van der Waals surface area contributed by atoms with Gasteiger partial charge in [0.1, 0.15) is 28.8 Å². The van der Waals surface area contributed by atoms with E-state index in [4.69, 9.17) is 10.00 Å². The van der Waals surface area contributed by atoms with E-state index in [2.05, 4.69) is 11.1 Å². The van der Waals surface area contributed by atoms with E-state index < -0.39 is 11.0 Å². The third-order valence-electron chi connectivity index (χ3n) is 4.92. The Bertz CT molecular complexity index is 1150. The Morgan fingerprint density at radius 1 is 1.24 bits per heavy atom. The fraction of sp³-hybridized carbons (Fsp3) is 0.227. The summed E-state index contributed by atoms with van der Waals surface area (Å²) in [6, 6.07) is 15.1. The van der Waals surface area contributed by atoms with Crippen LogP contribution in [-0.2, 0) is 22.2 Å². The summed E-state index contributed by atoms with van der Waals surface area (Å²) in [5.41, 5.74) is 2.61. The second kappa shape index (κ2) is 8.11. The summed E-state index contributed by atoms with van der Waals surface area (Å²) in [5, 5.41) is 9.70. The Hall–Kier alpha value is -3.08. The normalized spacial score (nSPS) is 15.4. The predicted octanol–water partition coefficient (Wildman–Crippen LogP) is 3.55. The minimum Gasteiger partial charge on any atom is -0.456 e. The quantitative estimate of drug-likeness (QED) is 0.586. The Morgan fingerprint density at radius 2 is 2.07 bits per heavy atom. The molecule has 0 radical (unpaired) electrons. The monoisotopic (exact) mass is 405 g/mol. The highest BCUT2D eigenvalue weighted by Crippen LogP contribution is 2.33. The van der Waals surface area contributed by atoms with E-state index in [-0.39, 0.29) is 5.92 Å². The summed E-state index contributed by atoms with van der Waals surface area (Å²) in [7, 11) is -1.32. The summed E-state index contributed by atoms with van der Waals surface area (Å²) in [6.45, 7) is 2.97. The molecular weight excluding hydrogens is 386 g/mol. The van der Waals surface area contributed by atoms with E-state index in [1.807, 2.05) is 37.3 Å². The van der Waals surface area contributed by atoms with Crippen LogP contribution in [0, 0.1) is 24.2 Å². The molecule has 6 nitrogen and oxygen atoms in total. The number of aldehydes is 1. The number of carbonyl (C=O) groups is 1. The fourth-order valence-corrected chi connectivity index (χ4v) is 4.60. The molecule has 0 bridgehead atoms. The lowest BCUT2D eigenvalue weighted by Crippen LogP contribution is -2.46. The molecule has 1 aromatic heterocycles. The van der Waals surface area contributed by atoms with Crippen LogP contribution in [0.25, 0.3) is 10.9 Å². The van der Waals surface area contributed by atoms with Gasteiger partial charge < -0.3 is 9.53 Å². The number of fused-ring (bicyclic) bond motifs is 1. The number of aromatic nitrogens is 1. The molecule has 7 heteroatoms. The largest absolute Gasteiger partial charge is 0.456 e. The van der Waals surface area contributed by atoms with Crippen molar-refractivity contribution in [2.24, 2.45) is 5.92 Å². The van der Waals surface area contributed by atoms with Crippen molar-refractivity contribution in [3.63, 3.8) is 0 Å². The smallest absolute Gasteiger partial charge is 0.138 e. The molecule has 3 aromatic rings. The van der Waals surface area contributed by atoms with Crippen molar-refractivity contribution >= 4 is 28.2 Å². The standard InChI is InChI=1S/C22H19N3O3S/c1-15-10-16(7-9-26)2-5-21(15)28-22-6-8-24-20-4-3-18(11-19(20)22)29(27)25-13-17(12-23)14-25/h2-6,8-11,17H,7,13-14H2,1H3. The molecule has 4 rings (SSSR count). The van der Waals surface area contributed by atoms with Crippen LogP contribution in [0.5, 0.6) is 11.5 Å². The third-order valence-corrected chi connectivity index (χ3v) is 6.34. The van der Waals surface area contributed by atoms with Gasteiger partial charge in [0.25, 0.3) is 0 Å². The first kappa shape index (κ1) is 19.2. The summed E-state index contributed by atoms with van der Waals surface area (Å²) >= 11 is 0. The Morgan fingerprint density at radius 3 is 2.79 bits per heavy atom. The van der Waals surface area contributed by atoms with Gasteiger partial charge in [-0.15, -0.1) is 0 Å². The summed E-state index contributed by atoms with van der Waals surface area (Å²) in [6.07, 6.45) is 2.93. The zero-order chi connectivity index (χ0) is 20.4. The molecule has 2 heterocycles. The number of nitrogens with zero attached hydrogens (tertiary/aromatic N) is 3. The number of rotatable bonds is 6. The molecule has 1 saturated heterocycles. The van der Waals surface area contributed by atoms with Gasteiger partial charge in [-0.3, -0.25) is 4.98 Å². The number of benzene rings is 2. The minimum atomic E-state index is -1.32. The maximum absolute atomic E-state index is 12.8. The van der Waals surface area contributed by atoms with E-state index in [9.17, 15) is 9.00 Å². The summed E-state index contributed by atoms with van der Waals surface area (Å²) in [5.74, 6) is 1.27. The number of aryl methyl sites for hydroxylation is 1. The predicted molar refractivity (Wildman–Crippen MR) is 110 cm³/mol. The molecule has 1 fully saturated rings. The molecule has 0 spiro atoms. The lowest BCUT2D eigenvalue weighted by molar-refractivity contribution is -0.107. The van der Waals surface area contributed by atoms with Gasteiger partial charge in [-0.25, -0.2) is 8.51 Å². The highest BCUT2D eigenvalue weighted by Gasteiger charge is 2.31. The van der Waals surface area contributed by atoms with Crippen molar-refractivity contribution in [3.8, 4) is 17.6 Å². The van der Waals surface area contributed by atoms with Crippen molar-refractivity contribution in [2.75, 3.05) is 13.1 Å². The zero-order valence-electron chi connectivity index (χ0n) is 15.9. The Labute approximate surface area is 171 Å². The number of carbonyl (C=O) groups excluding carboxylic acids is 1. The van der Waals surface area contributed by atoms with E-state index in [1.165, 1.54) is 0 Å². The molecule has 1 unspecified atom stereocenters. The van der Waals surface area contributed by atoms with Crippen molar-refractivity contribution in [1.29, 1.82) is 5.26 Å². The average molecular weight is 405 g/mol. The van der Waals surface area contributed by atoms with Crippen LogP contribution in [-0.4, -0.2) is 32.9 Å². The number of nitriles is 1. The van der Waals surface area contributed by atoms with Gasteiger partial charge in [-0.1, -0.05) is 12.1 Å². The van der Waals surface area contributed by atoms with Gasteiger partial charge in [0.2, 0.25) is 0 Å². The fourth-order valence-electron chi connectivity index (χ4n) is 3.27. The molecule has 0 amide bonds. The molecular formula is C22H19N3O3S. The number of ether oxygens (including phenoxy) is 1. The molecule has 29 heavy (non-hydrogen) atoms. The van der Waals surface area contributed by atoms with Crippen molar-refractivity contribution in [1.82, 2.24) is 9.29 Å². The van der Waals surface area contributed by atoms with E-state index in [1.54, 1.807) is 22.6 Å². The number of hydrogen-bond acceptors (Lipinski definition) is 5. The molecule has 146 valence electrons. The lowest BCUT2D eigenvalue weighted by atomic mass is 10.1. The topological polar surface area (TPSA) is 83.3 Å². The zero-order valence-corrected chi connectivity index (χ0v) is 16.7. The van der Waals surface area contributed by atoms with Gasteiger partial charge in [0.15, 0.2) is 0 Å². The van der Waals surface area contributed by atoms with Crippen LogP contribution >= 0.6 is 0 Å². The van der Waals surface area contributed by atoms with Crippen LogP contribution in [0.1, 0.15) is 11.1 Å². The molecule has 0 saturated carbocycles. The van der Waals surface area contributed by atoms with Gasteiger partial charge >= 0.3 is 0 Å². The third kappa shape index (κ3) is 3.90. The molecule has 1 aliphatic heterocycles. The van der Waals surface area contributed by atoms with Crippen molar-refractivity contribution in [3.05, 3.63) is 59.8 Å². The molecule has 1 aliphatic rings. The molecule has 1 atom stereocenters. The molecule has 0 N–H and O–H groups in total. The lowest BCUT2D eigenvalue weighted by Gasteiger charge is -2.33.